The maximum Gasteiger partial charge on any atom is 0.0772 e. The van der Waals surface area contributed by atoms with Crippen LogP contribution in [0.3, 0.4) is 0 Å². The molecule has 0 amide bonds. The van der Waals surface area contributed by atoms with E-state index >= 15 is 0 Å². The maximum absolute atomic E-state index is 5.67. The second-order valence-electron chi connectivity index (χ2n) is 3.12. The molecular formula is C11H11ClN2. The lowest BCUT2D eigenvalue weighted by molar-refractivity contribution is 0.678. The van der Waals surface area contributed by atoms with Crippen molar-refractivity contribution in [1.29, 1.82) is 0 Å². The Labute approximate surface area is 88.1 Å². The minimum absolute atomic E-state index is 0.474. The van der Waals surface area contributed by atoms with Crippen molar-refractivity contribution in [1.82, 2.24) is 9.78 Å². The summed E-state index contributed by atoms with van der Waals surface area (Å²) in [6.45, 7) is 0.803. The third kappa shape index (κ3) is 2.15. The van der Waals surface area contributed by atoms with E-state index in [-0.39, 0.29) is 0 Å². The number of benzene rings is 1. The van der Waals surface area contributed by atoms with Gasteiger partial charge in [0.15, 0.2) is 0 Å². The van der Waals surface area contributed by atoms with Gasteiger partial charge in [-0.1, -0.05) is 30.3 Å². The summed E-state index contributed by atoms with van der Waals surface area (Å²) in [6, 6.07) is 12.2. The topological polar surface area (TPSA) is 17.8 Å². The number of rotatable bonds is 3. The Bertz CT molecular complexity index is 395. The lowest BCUT2D eigenvalue weighted by Crippen LogP contribution is -2.00. The van der Waals surface area contributed by atoms with Crippen LogP contribution in [0, 0.1) is 0 Å². The predicted octanol–water partition coefficient (Wildman–Crippen LogP) is 2.67. The van der Waals surface area contributed by atoms with E-state index in [0.29, 0.717) is 5.88 Å². The second kappa shape index (κ2) is 4.29. The highest BCUT2D eigenvalue weighted by Crippen LogP contribution is 2.04. The summed E-state index contributed by atoms with van der Waals surface area (Å²) >= 11 is 5.67. The molecule has 0 aliphatic heterocycles. The largest absolute Gasteiger partial charge is 0.268 e. The molecule has 0 bridgehead atoms. The Hall–Kier alpha value is -1.28. The van der Waals surface area contributed by atoms with Gasteiger partial charge >= 0.3 is 0 Å². The summed E-state index contributed by atoms with van der Waals surface area (Å²) in [6.07, 6.45) is 1.95. The number of halogens is 1. The van der Waals surface area contributed by atoms with E-state index in [2.05, 4.69) is 17.2 Å². The molecule has 0 atom stereocenters. The van der Waals surface area contributed by atoms with Crippen molar-refractivity contribution in [2.24, 2.45) is 0 Å². The van der Waals surface area contributed by atoms with Crippen molar-refractivity contribution in [3.05, 3.63) is 53.9 Å². The molecule has 1 heterocycles. The Balaban J connectivity index is 2.11. The zero-order chi connectivity index (χ0) is 9.80. The fourth-order valence-electron chi connectivity index (χ4n) is 1.33. The smallest absolute Gasteiger partial charge is 0.0772 e. The number of alkyl halides is 1. The summed E-state index contributed by atoms with van der Waals surface area (Å²) < 4.78 is 1.90. The van der Waals surface area contributed by atoms with E-state index in [1.165, 1.54) is 5.56 Å². The zero-order valence-corrected chi connectivity index (χ0v) is 8.48. The summed E-state index contributed by atoms with van der Waals surface area (Å²) in [4.78, 5) is 0. The molecule has 0 aliphatic rings. The van der Waals surface area contributed by atoms with Gasteiger partial charge in [-0.25, -0.2) is 0 Å². The summed E-state index contributed by atoms with van der Waals surface area (Å²) in [5.41, 5.74) is 2.17. The van der Waals surface area contributed by atoms with Crippen LogP contribution in [0.15, 0.2) is 42.6 Å². The summed E-state index contributed by atoms with van der Waals surface area (Å²) in [5.74, 6) is 0.474. The van der Waals surface area contributed by atoms with Crippen molar-refractivity contribution in [2.75, 3.05) is 0 Å². The van der Waals surface area contributed by atoms with E-state index in [0.717, 1.165) is 12.2 Å². The van der Waals surface area contributed by atoms with Crippen LogP contribution in [-0.2, 0) is 12.4 Å². The van der Waals surface area contributed by atoms with Gasteiger partial charge in [0.05, 0.1) is 18.1 Å². The first kappa shape index (κ1) is 9.28. The van der Waals surface area contributed by atoms with E-state index in [1.807, 2.05) is 35.1 Å². The molecule has 1 aromatic carbocycles. The molecule has 0 saturated heterocycles. The molecule has 0 spiro atoms. The molecule has 0 fully saturated rings. The maximum atomic E-state index is 5.67. The Morgan fingerprint density at radius 2 is 1.93 bits per heavy atom. The van der Waals surface area contributed by atoms with E-state index in [4.69, 9.17) is 11.6 Å². The van der Waals surface area contributed by atoms with Gasteiger partial charge in [-0.05, 0) is 11.6 Å². The molecule has 0 unspecified atom stereocenters. The Morgan fingerprint density at radius 3 is 2.57 bits per heavy atom. The molecule has 2 aromatic rings. The third-order valence-electron chi connectivity index (χ3n) is 2.02. The molecule has 0 aliphatic carbocycles. The van der Waals surface area contributed by atoms with Crippen molar-refractivity contribution in [3.8, 4) is 0 Å². The minimum Gasteiger partial charge on any atom is -0.268 e. The fraction of sp³-hybridized carbons (Fsp3) is 0.182. The van der Waals surface area contributed by atoms with Crippen LogP contribution in [0.25, 0.3) is 0 Å². The lowest BCUT2D eigenvalue weighted by Gasteiger charge is -2.00. The standard InChI is InChI=1S/C11H11ClN2/c12-8-11-6-7-14(13-11)9-10-4-2-1-3-5-10/h1-7H,8-9H2. The molecule has 2 nitrogen and oxygen atoms in total. The highest BCUT2D eigenvalue weighted by atomic mass is 35.5. The first-order valence-electron chi connectivity index (χ1n) is 4.51. The van der Waals surface area contributed by atoms with Gasteiger partial charge in [0.25, 0.3) is 0 Å². The molecule has 0 N–H and O–H groups in total. The van der Waals surface area contributed by atoms with E-state index in [1.54, 1.807) is 0 Å². The first-order valence-corrected chi connectivity index (χ1v) is 5.04. The molecule has 3 heteroatoms. The third-order valence-corrected chi connectivity index (χ3v) is 2.29. The summed E-state index contributed by atoms with van der Waals surface area (Å²) in [5, 5.41) is 4.31. The molecular weight excluding hydrogens is 196 g/mol. The van der Waals surface area contributed by atoms with Crippen LogP contribution >= 0.6 is 11.6 Å². The Kier molecular flexibility index (Phi) is 2.84. The molecule has 0 radical (unpaired) electrons. The quantitative estimate of drug-likeness (QED) is 0.707. The number of nitrogens with zero attached hydrogens (tertiary/aromatic N) is 2. The van der Waals surface area contributed by atoms with Gasteiger partial charge in [-0.2, -0.15) is 5.10 Å². The minimum atomic E-state index is 0.474. The van der Waals surface area contributed by atoms with E-state index in [9.17, 15) is 0 Å². The van der Waals surface area contributed by atoms with E-state index < -0.39 is 0 Å². The average molecular weight is 207 g/mol. The number of aromatic nitrogens is 2. The predicted molar refractivity (Wildman–Crippen MR) is 57.3 cm³/mol. The lowest BCUT2D eigenvalue weighted by atomic mass is 10.2. The van der Waals surface area contributed by atoms with Gasteiger partial charge in [0.1, 0.15) is 0 Å². The van der Waals surface area contributed by atoms with Crippen LogP contribution < -0.4 is 0 Å². The van der Waals surface area contributed by atoms with Gasteiger partial charge < -0.3 is 0 Å². The van der Waals surface area contributed by atoms with Crippen molar-refractivity contribution in [3.63, 3.8) is 0 Å². The van der Waals surface area contributed by atoms with Crippen LogP contribution in [0.2, 0.25) is 0 Å². The zero-order valence-electron chi connectivity index (χ0n) is 7.73. The van der Waals surface area contributed by atoms with Crippen LogP contribution in [-0.4, -0.2) is 9.78 Å². The van der Waals surface area contributed by atoms with Crippen LogP contribution in [0.5, 0.6) is 0 Å². The highest BCUT2D eigenvalue weighted by molar-refractivity contribution is 6.16. The van der Waals surface area contributed by atoms with Crippen LogP contribution in [0.4, 0.5) is 0 Å². The average Bonchev–Trinajstić information content (AvgIpc) is 2.67. The number of hydrogen-bond acceptors (Lipinski definition) is 1. The van der Waals surface area contributed by atoms with Crippen molar-refractivity contribution >= 4 is 11.6 Å². The molecule has 2 rings (SSSR count). The first-order chi connectivity index (χ1) is 6.88. The van der Waals surface area contributed by atoms with Gasteiger partial charge in [-0.3, -0.25) is 4.68 Å². The normalized spacial score (nSPS) is 10.4. The monoisotopic (exact) mass is 206 g/mol. The van der Waals surface area contributed by atoms with Gasteiger partial charge in [0, 0.05) is 6.20 Å². The molecule has 1 aromatic heterocycles. The van der Waals surface area contributed by atoms with Crippen molar-refractivity contribution < 1.29 is 0 Å². The molecule has 14 heavy (non-hydrogen) atoms. The SMILES string of the molecule is ClCc1ccn(Cc2ccccc2)n1. The highest BCUT2D eigenvalue weighted by Gasteiger charge is 1.97. The van der Waals surface area contributed by atoms with Crippen molar-refractivity contribution in [2.45, 2.75) is 12.4 Å². The number of hydrogen-bond donors (Lipinski definition) is 0. The fourth-order valence-corrected chi connectivity index (χ4v) is 1.48. The Morgan fingerprint density at radius 1 is 1.14 bits per heavy atom. The summed E-state index contributed by atoms with van der Waals surface area (Å²) in [7, 11) is 0. The second-order valence-corrected chi connectivity index (χ2v) is 3.39. The molecule has 0 saturated carbocycles. The van der Waals surface area contributed by atoms with Crippen LogP contribution in [0.1, 0.15) is 11.3 Å². The van der Waals surface area contributed by atoms with Gasteiger partial charge in [-0.15, -0.1) is 11.6 Å². The van der Waals surface area contributed by atoms with Gasteiger partial charge in [0.2, 0.25) is 0 Å². The molecule has 72 valence electrons.